The molecule has 0 aliphatic heterocycles. The Bertz CT molecular complexity index is 322. The quantitative estimate of drug-likeness (QED) is 0.751. The third-order valence-corrected chi connectivity index (χ3v) is 2.72. The molecule has 0 unspecified atom stereocenters. The topological polar surface area (TPSA) is 38.5 Å². The van der Waals surface area contributed by atoms with Crippen LogP contribution in [-0.4, -0.2) is 31.1 Å². The lowest BCUT2D eigenvalue weighted by Crippen LogP contribution is -2.28. The first kappa shape index (κ1) is 12.8. The number of nitrogens with zero attached hydrogens (tertiary/aromatic N) is 1. The second kappa shape index (κ2) is 6.38. The maximum atomic E-state index is 5.86. The van der Waals surface area contributed by atoms with Gasteiger partial charge in [0.2, 0.25) is 0 Å². The van der Waals surface area contributed by atoms with Crippen LogP contribution in [0.3, 0.4) is 0 Å². The number of rotatable bonds is 6. The number of aryl methyl sites for hydroxylation is 1. The van der Waals surface area contributed by atoms with Gasteiger partial charge in [-0.3, -0.25) is 0 Å². The normalized spacial score (nSPS) is 10.8. The molecule has 1 aromatic carbocycles. The minimum absolute atomic E-state index is 0.689. The molecule has 90 valence electrons. The van der Waals surface area contributed by atoms with Crippen LogP contribution >= 0.6 is 0 Å². The molecular formula is C13H22N2O. The van der Waals surface area contributed by atoms with E-state index in [9.17, 15) is 0 Å². The Kier molecular flexibility index (Phi) is 5.12. The maximum Gasteiger partial charge on any atom is 0.142 e. The minimum atomic E-state index is 0.689. The van der Waals surface area contributed by atoms with Crippen molar-refractivity contribution in [1.82, 2.24) is 4.90 Å². The highest BCUT2D eigenvalue weighted by Crippen LogP contribution is 2.21. The summed E-state index contributed by atoms with van der Waals surface area (Å²) >= 11 is 0. The third-order valence-electron chi connectivity index (χ3n) is 2.72. The summed E-state index contributed by atoms with van der Waals surface area (Å²) in [6.07, 6.45) is 0. The monoisotopic (exact) mass is 222 g/mol. The zero-order chi connectivity index (χ0) is 12.0. The van der Waals surface area contributed by atoms with Crippen LogP contribution in [-0.2, 0) is 0 Å². The molecule has 1 rings (SSSR count). The molecule has 0 aliphatic rings. The zero-order valence-electron chi connectivity index (χ0n) is 10.5. The number of ether oxygens (including phenoxy) is 1. The van der Waals surface area contributed by atoms with E-state index in [2.05, 4.69) is 18.7 Å². The van der Waals surface area contributed by atoms with Crippen LogP contribution in [0.4, 0.5) is 5.69 Å². The summed E-state index contributed by atoms with van der Waals surface area (Å²) in [5.74, 6) is 0.790. The molecule has 0 spiro atoms. The molecule has 0 saturated heterocycles. The Morgan fingerprint density at radius 3 is 2.50 bits per heavy atom. The van der Waals surface area contributed by atoms with E-state index < -0.39 is 0 Å². The van der Waals surface area contributed by atoms with Gasteiger partial charge < -0.3 is 15.4 Å². The molecule has 3 nitrogen and oxygen atoms in total. The summed E-state index contributed by atoms with van der Waals surface area (Å²) in [5.41, 5.74) is 7.75. The van der Waals surface area contributed by atoms with Crippen molar-refractivity contribution in [2.45, 2.75) is 20.8 Å². The summed E-state index contributed by atoms with van der Waals surface area (Å²) in [4.78, 5) is 2.32. The maximum absolute atomic E-state index is 5.86. The predicted molar refractivity (Wildman–Crippen MR) is 68.9 cm³/mol. The molecule has 3 heteroatoms. The van der Waals surface area contributed by atoms with Crippen LogP contribution in [0.25, 0.3) is 0 Å². The van der Waals surface area contributed by atoms with Crippen LogP contribution in [0.15, 0.2) is 18.2 Å². The molecule has 16 heavy (non-hydrogen) atoms. The fourth-order valence-electron chi connectivity index (χ4n) is 1.62. The molecule has 0 atom stereocenters. The molecule has 0 heterocycles. The first-order valence-electron chi connectivity index (χ1n) is 5.88. The fraction of sp³-hybridized carbons (Fsp3) is 0.538. The van der Waals surface area contributed by atoms with Crippen molar-refractivity contribution < 1.29 is 4.74 Å². The molecule has 0 amide bonds. The van der Waals surface area contributed by atoms with Gasteiger partial charge in [-0.05, 0) is 37.7 Å². The average molecular weight is 222 g/mol. The largest absolute Gasteiger partial charge is 0.490 e. The number of hydrogen-bond donors (Lipinski definition) is 1. The van der Waals surface area contributed by atoms with Gasteiger partial charge in [0.15, 0.2) is 0 Å². The van der Waals surface area contributed by atoms with E-state index in [1.54, 1.807) is 0 Å². The summed E-state index contributed by atoms with van der Waals surface area (Å²) in [7, 11) is 0. The van der Waals surface area contributed by atoms with Crippen molar-refractivity contribution in [3.8, 4) is 5.75 Å². The highest BCUT2D eigenvalue weighted by atomic mass is 16.5. The molecule has 0 radical (unpaired) electrons. The van der Waals surface area contributed by atoms with E-state index >= 15 is 0 Å². The molecule has 0 saturated carbocycles. The SMILES string of the molecule is CCN(CC)CCOc1ccc(C)cc1N. The van der Waals surface area contributed by atoms with Crippen LogP contribution in [0.1, 0.15) is 19.4 Å². The van der Waals surface area contributed by atoms with Crippen molar-refractivity contribution >= 4 is 5.69 Å². The standard InChI is InChI=1S/C13H22N2O/c1-4-15(5-2)8-9-16-13-7-6-11(3)10-12(13)14/h6-7,10H,4-5,8-9,14H2,1-3H3. The van der Waals surface area contributed by atoms with Crippen LogP contribution in [0, 0.1) is 6.92 Å². The summed E-state index contributed by atoms with van der Waals surface area (Å²) < 4.78 is 5.66. The van der Waals surface area contributed by atoms with Crippen LogP contribution < -0.4 is 10.5 Å². The van der Waals surface area contributed by atoms with Gasteiger partial charge in [-0.1, -0.05) is 19.9 Å². The van der Waals surface area contributed by atoms with Crippen molar-refractivity contribution in [1.29, 1.82) is 0 Å². The number of likely N-dealkylation sites (N-methyl/N-ethyl adjacent to an activating group) is 1. The molecule has 0 fully saturated rings. The lowest BCUT2D eigenvalue weighted by molar-refractivity contribution is 0.223. The number of hydrogen-bond acceptors (Lipinski definition) is 3. The van der Waals surface area contributed by atoms with Gasteiger partial charge in [0.1, 0.15) is 12.4 Å². The van der Waals surface area contributed by atoms with E-state index in [0.29, 0.717) is 6.61 Å². The molecule has 2 N–H and O–H groups in total. The van der Waals surface area contributed by atoms with Gasteiger partial charge in [-0.25, -0.2) is 0 Å². The smallest absolute Gasteiger partial charge is 0.142 e. The molecule has 0 bridgehead atoms. The number of anilines is 1. The lowest BCUT2D eigenvalue weighted by Gasteiger charge is -2.18. The van der Waals surface area contributed by atoms with Gasteiger partial charge in [0, 0.05) is 6.54 Å². The van der Waals surface area contributed by atoms with Crippen molar-refractivity contribution in [3.63, 3.8) is 0 Å². The van der Waals surface area contributed by atoms with Gasteiger partial charge >= 0.3 is 0 Å². The van der Waals surface area contributed by atoms with Gasteiger partial charge in [-0.15, -0.1) is 0 Å². The molecule has 0 aromatic heterocycles. The van der Waals surface area contributed by atoms with Gasteiger partial charge in [-0.2, -0.15) is 0 Å². The summed E-state index contributed by atoms with van der Waals surface area (Å²) in [5, 5.41) is 0. The first-order valence-corrected chi connectivity index (χ1v) is 5.88. The Morgan fingerprint density at radius 2 is 1.94 bits per heavy atom. The van der Waals surface area contributed by atoms with Gasteiger partial charge in [0.25, 0.3) is 0 Å². The second-order valence-electron chi connectivity index (χ2n) is 3.92. The first-order chi connectivity index (χ1) is 7.67. The van der Waals surface area contributed by atoms with Crippen molar-refractivity contribution in [2.75, 3.05) is 32.0 Å². The lowest BCUT2D eigenvalue weighted by atomic mass is 10.2. The Labute approximate surface area is 98.2 Å². The Morgan fingerprint density at radius 1 is 1.25 bits per heavy atom. The minimum Gasteiger partial charge on any atom is -0.490 e. The number of nitrogen functional groups attached to an aromatic ring is 1. The fourth-order valence-corrected chi connectivity index (χ4v) is 1.62. The second-order valence-corrected chi connectivity index (χ2v) is 3.92. The Balaban J connectivity index is 2.42. The van der Waals surface area contributed by atoms with Gasteiger partial charge in [0.05, 0.1) is 5.69 Å². The average Bonchev–Trinajstić information content (AvgIpc) is 2.27. The highest BCUT2D eigenvalue weighted by Gasteiger charge is 2.02. The van der Waals surface area contributed by atoms with E-state index in [1.807, 2.05) is 25.1 Å². The number of benzene rings is 1. The van der Waals surface area contributed by atoms with Crippen LogP contribution in [0.2, 0.25) is 0 Å². The highest BCUT2D eigenvalue weighted by molar-refractivity contribution is 5.53. The number of nitrogens with two attached hydrogens (primary N) is 1. The third kappa shape index (κ3) is 3.74. The van der Waals surface area contributed by atoms with E-state index in [0.717, 1.165) is 36.6 Å². The Hall–Kier alpha value is -1.22. The van der Waals surface area contributed by atoms with Crippen molar-refractivity contribution in [2.24, 2.45) is 0 Å². The predicted octanol–water partition coefficient (Wildman–Crippen LogP) is 2.30. The zero-order valence-corrected chi connectivity index (χ0v) is 10.5. The summed E-state index contributed by atoms with van der Waals surface area (Å²) in [6.45, 7) is 10.1. The van der Waals surface area contributed by atoms with E-state index in [1.165, 1.54) is 0 Å². The summed E-state index contributed by atoms with van der Waals surface area (Å²) in [6, 6.07) is 5.89. The van der Waals surface area contributed by atoms with Crippen molar-refractivity contribution in [3.05, 3.63) is 23.8 Å². The van der Waals surface area contributed by atoms with Crippen LogP contribution in [0.5, 0.6) is 5.75 Å². The van der Waals surface area contributed by atoms with E-state index in [4.69, 9.17) is 10.5 Å². The molecule has 0 aliphatic carbocycles. The molecule has 1 aromatic rings. The van der Waals surface area contributed by atoms with E-state index in [-0.39, 0.29) is 0 Å². The molecular weight excluding hydrogens is 200 g/mol.